The molecular formula is C27H22N2O5S. The van der Waals surface area contributed by atoms with Gasteiger partial charge in [0.15, 0.2) is 5.13 Å². The van der Waals surface area contributed by atoms with Crippen LogP contribution in [0.3, 0.4) is 0 Å². The lowest BCUT2D eigenvalue weighted by Crippen LogP contribution is -2.29. The number of hydrogen-bond acceptors (Lipinski definition) is 7. The molecule has 1 saturated heterocycles. The van der Waals surface area contributed by atoms with E-state index in [0.29, 0.717) is 39.9 Å². The van der Waals surface area contributed by atoms with Crippen LogP contribution in [0.2, 0.25) is 0 Å². The lowest BCUT2D eigenvalue weighted by Gasteiger charge is -2.22. The second-order valence-corrected chi connectivity index (χ2v) is 8.88. The number of Topliss-reactive ketones (excluding diaryl/α,β-unsaturated/α-hetero) is 1. The van der Waals surface area contributed by atoms with Gasteiger partial charge in [-0.1, -0.05) is 53.8 Å². The third-order valence-electron chi connectivity index (χ3n) is 5.77. The maximum Gasteiger partial charge on any atom is 0.301 e. The summed E-state index contributed by atoms with van der Waals surface area (Å²) < 4.78 is 11.7. The van der Waals surface area contributed by atoms with Crippen LogP contribution in [0.15, 0.2) is 78.4 Å². The summed E-state index contributed by atoms with van der Waals surface area (Å²) >= 11 is 1.29. The number of benzene rings is 3. The van der Waals surface area contributed by atoms with E-state index in [4.69, 9.17) is 9.47 Å². The molecule has 4 aromatic rings. The number of anilines is 1. The second kappa shape index (κ2) is 9.23. The average Bonchev–Trinajstić information content (AvgIpc) is 3.42. The molecule has 2 heterocycles. The molecule has 1 N–H and O–H groups in total. The van der Waals surface area contributed by atoms with Crippen LogP contribution in [-0.2, 0) is 9.59 Å². The number of aliphatic hydroxyl groups is 1. The lowest BCUT2D eigenvalue weighted by molar-refractivity contribution is -0.132. The number of ether oxygens (including phenoxy) is 2. The molecule has 1 atom stereocenters. The Bertz CT molecular complexity index is 1460. The molecule has 3 aromatic carbocycles. The number of fused-ring (bicyclic) bond motifs is 1. The normalized spacial score (nSPS) is 17.2. The Balaban J connectivity index is 1.68. The van der Waals surface area contributed by atoms with Crippen molar-refractivity contribution < 1.29 is 24.2 Å². The number of ketones is 1. The summed E-state index contributed by atoms with van der Waals surface area (Å²) in [5.74, 6) is -0.551. The molecule has 1 aliphatic rings. The highest BCUT2D eigenvalue weighted by atomic mass is 32.1. The van der Waals surface area contributed by atoms with Crippen LogP contribution in [0.25, 0.3) is 16.0 Å². The Hall–Kier alpha value is -4.17. The molecule has 0 saturated carbocycles. The van der Waals surface area contributed by atoms with E-state index in [1.165, 1.54) is 23.3 Å². The van der Waals surface area contributed by atoms with Crippen molar-refractivity contribution in [1.82, 2.24) is 4.98 Å². The van der Waals surface area contributed by atoms with Crippen molar-refractivity contribution in [3.05, 3.63) is 89.5 Å². The van der Waals surface area contributed by atoms with E-state index in [0.717, 1.165) is 4.70 Å². The van der Waals surface area contributed by atoms with Gasteiger partial charge in [-0.2, -0.15) is 0 Å². The Kier molecular flexibility index (Phi) is 5.96. The first-order valence-electron chi connectivity index (χ1n) is 11.1. The van der Waals surface area contributed by atoms with E-state index in [-0.39, 0.29) is 11.3 Å². The zero-order valence-electron chi connectivity index (χ0n) is 19.1. The van der Waals surface area contributed by atoms with Crippen molar-refractivity contribution in [2.75, 3.05) is 18.6 Å². The minimum absolute atomic E-state index is 0.00344. The summed E-state index contributed by atoms with van der Waals surface area (Å²) in [7, 11) is 1.52. The van der Waals surface area contributed by atoms with Crippen LogP contribution < -0.4 is 14.4 Å². The van der Waals surface area contributed by atoms with Crippen LogP contribution in [0.5, 0.6) is 11.5 Å². The van der Waals surface area contributed by atoms with Crippen molar-refractivity contribution in [1.29, 1.82) is 0 Å². The number of thiazole rings is 1. The molecule has 35 heavy (non-hydrogen) atoms. The van der Waals surface area contributed by atoms with Gasteiger partial charge in [0.25, 0.3) is 5.78 Å². The van der Waals surface area contributed by atoms with Crippen LogP contribution in [0, 0.1) is 0 Å². The van der Waals surface area contributed by atoms with Crippen molar-refractivity contribution in [3.8, 4) is 11.5 Å². The van der Waals surface area contributed by atoms with E-state index in [9.17, 15) is 14.7 Å². The minimum atomic E-state index is -0.839. The van der Waals surface area contributed by atoms with E-state index < -0.39 is 17.7 Å². The molecule has 1 aliphatic heterocycles. The van der Waals surface area contributed by atoms with Gasteiger partial charge in [0.1, 0.15) is 17.3 Å². The van der Waals surface area contributed by atoms with Crippen LogP contribution >= 0.6 is 11.3 Å². The quantitative estimate of drug-likeness (QED) is 0.225. The van der Waals surface area contributed by atoms with Gasteiger partial charge in [0.05, 0.1) is 35.5 Å². The lowest BCUT2D eigenvalue weighted by atomic mass is 9.95. The number of carbonyl (C=O) groups is 2. The van der Waals surface area contributed by atoms with Crippen molar-refractivity contribution in [2.24, 2.45) is 0 Å². The number of hydrogen-bond donors (Lipinski definition) is 1. The van der Waals surface area contributed by atoms with Gasteiger partial charge in [0.2, 0.25) is 0 Å². The molecule has 176 valence electrons. The summed E-state index contributed by atoms with van der Waals surface area (Å²) in [5.41, 5.74) is 1.76. The van der Waals surface area contributed by atoms with Gasteiger partial charge >= 0.3 is 5.91 Å². The fourth-order valence-electron chi connectivity index (χ4n) is 4.16. The largest absolute Gasteiger partial charge is 0.507 e. The molecule has 8 heteroatoms. The maximum atomic E-state index is 13.4. The number of aromatic nitrogens is 1. The SMILES string of the molecule is CCOc1ccc2nc(N3C(=O)C(=O)/C(=C(/O)c4cccc(OC)c4)C3c3ccccc3)sc2c1. The Morgan fingerprint density at radius 3 is 2.57 bits per heavy atom. The van der Waals surface area contributed by atoms with E-state index in [1.54, 1.807) is 24.3 Å². The topological polar surface area (TPSA) is 89.0 Å². The number of rotatable bonds is 6. The maximum absolute atomic E-state index is 13.4. The molecule has 0 radical (unpaired) electrons. The first-order valence-corrected chi connectivity index (χ1v) is 11.9. The highest BCUT2D eigenvalue weighted by Crippen LogP contribution is 2.44. The smallest absolute Gasteiger partial charge is 0.301 e. The zero-order valence-corrected chi connectivity index (χ0v) is 19.9. The predicted octanol–water partition coefficient (Wildman–Crippen LogP) is 5.33. The van der Waals surface area contributed by atoms with E-state index in [2.05, 4.69) is 4.98 Å². The third-order valence-corrected chi connectivity index (χ3v) is 6.79. The Morgan fingerprint density at radius 2 is 1.83 bits per heavy atom. The number of aliphatic hydroxyl groups excluding tert-OH is 1. The molecule has 0 spiro atoms. The van der Waals surface area contributed by atoms with Crippen molar-refractivity contribution >= 4 is 44.1 Å². The Labute approximate surface area is 205 Å². The monoisotopic (exact) mass is 486 g/mol. The van der Waals surface area contributed by atoms with Gasteiger partial charge in [-0.25, -0.2) is 4.98 Å². The fourth-order valence-corrected chi connectivity index (χ4v) is 5.18. The van der Waals surface area contributed by atoms with Gasteiger partial charge in [-0.05, 0) is 42.8 Å². The van der Waals surface area contributed by atoms with Crippen LogP contribution in [0.4, 0.5) is 5.13 Å². The molecule has 5 rings (SSSR count). The predicted molar refractivity (Wildman–Crippen MR) is 135 cm³/mol. The first-order chi connectivity index (χ1) is 17.0. The van der Waals surface area contributed by atoms with Gasteiger partial charge in [-0.15, -0.1) is 0 Å². The fraction of sp³-hybridized carbons (Fsp3) is 0.148. The van der Waals surface area contributed by atoms with Crippen molar-refractivity contribution in [2.45, 2.75) is 13.0 Å². The summed E-state index contributed by atoms with van der Waals surface area (Å²) in [6.45, 7) is 2.44. The molecule has 0 bridgehead atoms. The van der Waals surface area contributed by atoms with Crippen LogP contribution in [-0.4, -0.2) is 35.5 Å². The summed E-state index contributed by atoms with van der Waals surface area (Å²) in [5, 5.41) is 11.6. The molecular weight excluding hydrogens is 464 g/mol. The molecule has 0 aliphatic carbocycles. The first kappa shape index (κ1) is 22.6. The van der Waals surface area contributed by atoms with Crippen molar-refractivity contribution in [3.63, 3.8) is 0 Å². The highest BCUT2D eigenvalue weighted by Gasteiger charge is 2.48. The third kappa shape index (κ3) is 4.02. The molecule has 1 amide bonds. The second-order valence-electron chi connectivity index (χ2n) is 7.87. The molecule has 7 nitrogen and oxygen atoms in total. The number of carbonyl (C=O) groups excluding carboxylic acids is 2. The van der Waals surface area contributed by atoms with E-state index in [1.807, 2.05) is 55.5 Å². The zero-order chi connectivity index (χ0) is 24.5. The van der Waals surface area contributed by atoms with Gasteiger partial charge in [0, 0.05) is 5.56 Å². The molecule has 1 fully saturated rings. The highest BCUT2D eigenvalue weighted by molar-refractivity contribution is 7.22. The number of methoxy groups -OCH3 is 1. The average molecular weight is 487 g/mol. The van der Waals surface area contributed by atoms with Gasteiger partial charge < -0.3 is 14.6 Å². The molecule has 1 aromatic heterocycles. The van der Waals surface area contributed by atoms with Crippen LogP contribution in [0.1, 0.15) is 24.1 Å². The molecule has 1 unspecified atom stereocenters. The number of amides is 1. The summed E-state index contributed by atoms with van der Waals surface area (Å²) in [6, 6.07) is 20.6. The Morgan fingerprint density at radius 1 is 1.03 bits per heavy atom. The summed E-state index contributed by atoms with van der Waals surface area (Å²) in [4.78, 5) is 32.7. The minimum Gasteiger partial charge on any atom is -0.507 e. The number of nitrogens with zero attached hydrogens (tertiary/aromatic N) is 2. The summed E-state index contributed by atoms with van der Waals surface area (Å²) in [6.07, 6.45) is 0. The van der Waals surface area contributed by atoms with E-state index >= 15 is 0 Å². The van der Waals surface area contributed by atoms with Gasteiger partial charge in [-0.3, -0.25) is 14.5 Å². The standard InChI is InChI=1S/C27H22N2O5S/c1-3-34-19-12-13-20-21(15-19)35-27(28-20)29-23(16-8-5-4-6-9-16)22(25(31)26(29)32)24(30)17-10-7-11-18(14-17)33-2/h4-15,23,30H,3H2,1-2H3/b24-22+.